The van der Waals surface area contributed by atoms with Crippen molar-refractivity contribution in [2.45, 2.75) is 6.04 Å². The van der Waals surface area contributed by atoms with Gasteiger partial charge in [0.2, 0.25) is 0 Å². The van der Waals surface area contributed by atoms with Crippen molar-refractivity contribution >= 4 is 15.9 Å². The van der Waals surface area contributed by atoms with Crippen LogP contribution in [0.1, 0.15) is 17.2 Å². The molecule has 0 saturated carbocycles. The van der Waals surface area contributed by atoms with Gasteiger partial charge in [0, 0.05) is 10.5 Å². The summed E-state index contributed by atoms with van der Waals surface area (Å²) in [7, 11) is 5.08. The fraction of sp³-hybridized carbons (Fsp3) is 0.250. The smallest absolute Gasteiger partial charge is 0.124 e. The molecule has 0 aliphatic rings. The Morgan fingerprint density at radius 1 is 1.05 bits per heavy atom. The van der Waals surface area contributed by atoms with E-state index in [-0.39, 0.29) is 11.9 Å². The van der Waals surface area contributed by atoms with Crippen molar-refractivity contribution in [2.75, 3.05) is 21.3 Å². The maximum Gasteiger partial charge on any atom is 0.124 e. The summed E-state index contributed by atoms with van der Waals surface area (Å²) in [4.78, 5) is 0. The summed E-state index contributed by atoms with van der Waals surface area (Å²) in [5, 5.41) is 3.23. The lowest BCUT2D eigenvalue weighted by atomic mass is 9.98. The molecule has 0 aliphatic heterocycles. The van der Waals surface area contributed by atoms with Crippen LogP contribution in [-0.2, 0) is 0 Å². The van der Waals surface area contributed by atoms with E-state index in [4.69, 9.17) is 9.47 Å². The topological polar surface area (TPSA) is 30.5 Å². The first-order valence-corrected chi connectivity index (χ1v) is 7.23. The lowest BCUT2D eigenvalue weighted by Crippen LogP contribution is -2.18. The van der Waals surface area contributed by atoms with Gasteiger partial charge in [-0.05, 0) is 42.4 Å². The van der Waals surface area contributed by atoms with Gasteiger partial charge < -0.3 is 14.8 Å². The van der Waals surface area contributed by atoms with E-state index in [1.165, 1.54) is 12.1 Å². The summed E-state index contributed by atoms with van der Waals surface area (Å²) in [5.74, 6) is 1.15. The first-order valence-electron chi connectivity index (χ1n) is 6.44. The molecule has 0 saturated heterocycles. The Kier molecular flexibility index (Phi) is 5.20. The van der Waals surface area contributed by atoms with Crippen molar-refractivity contribution < 1.29 is 13.9 Å². The summed E-state index contributed by atoms with van der Waals surface area (Å²) < 4.78 is 24.6. The van der Waals surface area contributed by atoms with Crippen molar-refractivity contribution in [1.82, 2.24) is 5.32 Å². The minimum atomic E-state index is -0.274. The number of hydrogen-bond acceptors (Lipinski definition) is 3. The lowest BCUT2D eigenvalue weighted by molar-refractivity contribution is 0.392. The number of rotatable bonds is 5. The number of halogens is 2. The molecule has 0 radical (unpaired) electrons. The summed E-state index contributed by atoms with van der Waals surface area (Å²) in [6, 6.07) is 10.2. The number of hydrogen-bond donors (Lipinski definition) is 1. The summed E-state index contributed by atoms with van der Waals surface area (Å²) >= 11 is 3.41. The number of ether oxygens (including phenoxy) is 2. The van der Waals surface area contributed by atoms with Crippen LogP contribution in [0, 0.1) is 5.82 Å². The van der Waals surface area contributed by atoms with Crippen LogP contribution in [0.2, 0.25) is 0 Å². The van der Waals surface area contributed by atoms with Gasteiger partial charge in [0.25, 0.3) is 0 Å². The molecule has 1 N–H and O–H groups in total. The highest BCUT2D eigenvalue weighted by atomic mass is 79.9. The van der Waals surface area contributed by atoms with Gasteiger partial charge in [-0.15, -0.1) is 0 Å². The van der Waals surface area contributed by atoms with Gasteiger partial charge in [-0.1, -0.05) is 22.0 Å². The van der Waals surface area contributed by atoms with Crippen molar-refractivity contribution in [3.63, 3.8) is 0 Å². The standard InChI is InChI=1S/C16H17BrFNO2/c1-19-16(14-5-4-11(18)8-15(14)17)10-6-12(20-2)9-13(7-10)21-3/h4-9,16,19H,1-3H3. The van der Waals surface area contributed by atoms with Gasteiger partial charge in [-0.2, -0.15) is 0 Å². The normalized spacial score (nSPS) is 12.0. The quantitative estimate of drug-likeness (QED) is 0.883. The van der Waals surface area contributed by atoms with Gasteiger partial charge in [0.15, 0.2) is 0 Å². The molecule has 2 rings (SSSR count). The predicted molar refractivity (Wildman–Crippen MR) is 84.5 cm³/mol. The van der Waals surface area contributed by atoms with Crippen LogP contribution in [0.4, 0.5) is 4.39 Å². The van der Waals surface area contributed by atoms with Gasteiger partial charge in [-0.3, -0.25) is 0 Å². The van der Waals surface area contributed by atoms with Gasteiger partial charge in [-0.25, -0.2) is 4.39 Å². The van der Waals surface area contributed by atoms with Crippen LogP contribution in [0.3, 0.4) is 0 Å². The molecule has 2 aromatic carbocycles. The molecule has 1 unspecified atom stereocenters. The molecular weight excluding hydrogens is 337 g/mol. The zero-order valence-corrected chi connectivity index (χ0v) is 13.7. The van der Waals surface area contributed by atoms with Crippen LogP contribution < -0.4 is 14.8 Å². The van der Waals surface area contributed by atoms with Crippen molar-refractivity contribution in [3.8, 4) is 11.5 Å². The molecule has 0 aliphatic carbocycles. The molecule has 5 heteroatoms. The van der Waals surface area contributed by atoms with E-state index in [0.717, 1.165) is 11.1 Å². The van der Waals surface area contributed by atoms with Crippen LogP contribution in [0.25, 0.3) is 0 Å². The van der Waals surface area contributed by atoms with Crippen molar-refractivity contribution in [3.05, 3.63) is 57.8 Å². The van der Waals surface area contributed by atoms with E-state index in [1.807, 2.05) is 25.2 Å². The summed E-state index contributed by atoms with van der Waals surface area (Å²) in [6.45, 7) is 0. The third kappa shape index (κ3) is 3.54. The number of benzene rings is 2. The van der Waals surface area contributed by atoms with E-state index in [2.05, 4.69) is 21.2 Å². The van der Waals surface area contributed by atoms with E-state index in [0.29, 0.717) is 16.0 Å². The van der Waals surface area contributed by atoms with E-state index >= 15 is 0 Å². The fourth-order valence-electron chi connectivity index (χ4n) is 2.23. The molecule has 21 heavy (non-hydrogen) atoms. The largest absolute Gasteiger partial charge is 0.497 e. The highest BCUT2D eigenvalue weighted by molar-refractivity contribution is 9.10. The van der Waals surface area contributed by atoms with Gasteiger partial charge in [0.05, 0.1) is 20.3 Å². The van der Waals surface area contributed by atoms with Gasteiger partial charge in [0.1, 0.15) is 17.3 Å². The lowest BCUT2D eigenvalue weighted by Gasteiger charge is -2.20. The Morgan fingerprint density at radius 3 is 2.14 bits per heavy atom. The molecule has 0 aromatic heterocycles. The summed E-state index contributed by atoms with van der Waals surface area (Å²) in [6.07, 6.45) is 0. The first kappa shape index (κ1) is 15.8. The highest BCUT2D eigenvalue weighted by Gasteiger charge is 2.17. The maximum absolute atomic E-state index is 13.3. The average Bonchev–Trinajstić information content (AvgIpc) is 2.49. The molecule has 0 heterocycles. The zero-order valence-electron chi connectivity index (χ0n) is 12.1. The zero-order chi connectivity index (χ0) is 15.4. The summed E-state index contributed by atoms with van der Waals surface area (Å²) in [5.41, 5.74) is 1.91. The van der Waals surface area contributed by atoms with E-state index in [9.17, 15) is 4.39 Å². The first-order chi connectivity index (χ1) is 10.1. The predicted octanol–water partition coefficient (Wildman–Crippen LogP) is 3.91. The Bertz CT molecular complexity index is 611. The van der Waals surface area contributed by atoms with Crippen LogP contribution >= 0.6 is 15.9 Å². The van der Waals surface area contributed by atoms with Crippen LogP contribution in [0.5, 0.6) is 11.5 Å². The molecule has 1 atom stereocenters. The van der Waals surface area contributed by atoms with Gasteiger partial charge >= 0.3 is 0 Å². The number of nitrogens with one attached hydrogen (secondary N) is 1. The minimum Gasteiger partial charge on any atom is -0.497 e. The third-order valence-corrected chi connectivity index (χ3v) is 3.96. The maximum atomic E-state index is 13.3. The van der Waals surface area contributed by atoms with E-state index in [1.54, 1.807) is 20.3 Å². The van der Waals surface area contributed by atoms with Crippen LogP contribution in [-0.4, -0.2) is 21.3 Å². The Balaban J connectivity index is 2.50. The second kappa shape index (κ2) is 6.91. The van der Waals surface area contributed by atoms with Crippen molar-refractivity contribution in [2.24, 2.45) is 0 Å². The van der Waals surface area contributed by atoms with Crippen molar-refractivity contribution in [1.29, 1.82) is 0 Å². The Morgan fingerprint density at radius 2 is 1.67 bits per heavy atom. The molecule has 3 nitrogen and oxygen atoms in total. The highest BCUT2D eigenvalue weighted by Crippen LogP contribution is 2.33. The Labute approximate surface area is 132 Å². The monoisotopic (exact) mass is 353 g/mol. The second-order valence-corrected chi connectivity index (χ2v) is 5.39. The third-order valence-electron chi connectivity index (χ3n) is 3.27. The molecule has 0 spiro atoms. The molecule has 0 fully saturated rings. The number of methoxy groups -OCH3 is 2. The molecule has 2 aromatic rings. The SMILES string of the molecule is CNC(c1cc(OC)cc(OC)c1)c1ccc(F)cc1Br. The Hall–Kier alpha value is -1.59. The molecule has 0 bridgehead atoms. The molecule has 112 valence electrons. The molecule has 0 amide bonds. The minimum absolute atomic E-state index is 0.107. The molecular formula is C16H17BrFNO2. The second-order valence-electron chi connectivity index (χ2n) is 4.53. The fourth-order valence-corrected chi connectivity index (χ4v) is 2.81. The van der Waals surface area contributed by atoms with E-state index < -0.39 is 0 Å². The van der Waals surface area contributed by atoms with Crippen LogP contribution in [0.15, 0.2) is 40.9 Å². The average molecular weight is 354 g/mol.